The average Bonchev–Trinajstić information content (AvgIpc) is 3.56. The van der Waals surface area contributed by atoms with Gasteiger partial charge in [-0.25, -0.2) is 19.3 Å². The fourth-order valence-corrected chi connectivity index (χ4v) is 5.35. The maximum atomic E-state index is 15.1. The zero-order valence-electron chi connectivity index (χ0n) is 20.7. The van der Waals surface area contributed by atoms with E-state index in [0.717, 1.165) is 18.2 Å². The van der Waals surface area contributed by atoms with E-state index < -0.39 is 0 Å². The first-order valence-electron chi connectivity index (χ1n) is 12.5. The monoisotopic (exact) mass is 495 g/mol. The number of hydrogen-bond donors (Lipinski definition) is 0. The van der Waals surface area contributed by atoms with E-state index in [1.54, 1.807) is 41.1 Å². The summed E-state index contributed by atoms with van der Waals surface area (Å²) in [5.41, 5.74) is 1.96. The Morgan fingerprint density at radius 1 is 1.11 bits per heavy atom. The third-order valence-electron chi connectivity index (χ3n) is 7.39. The normalized spacial score (nSPS) is 16.4. The molecule has 1 spiro atoms. The standard InChI is InChI=1S/C28H26FN7O/c1-18(2)27(37)36-12-11-34(16-28(36)8-9-28)25-24-21(20-5-3-4-6-22(20)29)15-35(26(24)33-17-32-25)23-13-19(14-30)7-10-31-23/h3-7,10,13,15,17-18H,8-9,11-12,16H2,1-2H3. The van der Waals surface area contributed by atoms with Crippen molar-refractivity contribution in [2.24, 2.45) is 5.92 Å². The third-order valence-corrected chi connectivity index (χ3v) is 7.39. The van der Waals surface area contributed by atoms with E-state index in [9.17, 15) is 10.1 Å². The topological polar surface area (TPSA) is 90.9 Å². The van der Waals surface area contributed by atoms with E-state index in [4.69, 9.17) is 0 Å². The molecule has 4 aromatic rings. The molecule has 1 aliphatic heterocycles. The molecule has 0 unspecified atom stereocenters. The molecule has 37 heavy (non-hydrogen) atoms. The molecule has 3 aromatic heterocycles. The fourth-order valence-electron chi connectivity index (χ4n) is 5.35. The van der Waals surface area contributed by atoms with Crippen molar-refractivity contribution in [2.75, 3.05) is 24.5 Å². The lowest BCUT2D eigenvalue weighted by molar-refractivity contribution is -0.138. The molecule has 6 rings (SSSR count). The maximum Gasteiger partial charge on any atom is 0.225 e. The highest BCUT2D eigenvalue weighted by molar-refractivity contribution is 6.02. The molecule has 2 aliphatic rings. The lowest BCUT2D eigenvalue weighted by Crippen LogP contribution is -2.58. The molecular weight excluding hydrogens is 469 g/mol. The molecule has 0 bridgehead atoms. The van der Waals surface area contributed by atoms with E-state index in [1.807, 2.05) is 24.9 Å². The summed E-state index contributed by atoms with van der Waals surface area (Å²) in [6.07, 6.45) is 6.83. The quantitative estimate of drug-likeness (QED) is 0.419. The summed E-state index contributed by atoms with van der Waals surface area (Å²) in [5.74, 6) is 1.02. The highest BCUT2D eigenvalue weighted by atomic mass is 19.1. The SMILES string of the molecule is CC(C)C(=O)N1CCN(c2ncnc3c2c(-c2ccccc2F)cn3-c2cc(C#N)ccn2)CC12CC2. The number of fused-ring (bicyclic) bond motifs is 1. The predicted molar refractivity (Wildman–Crippen MR) is 137 cm³/mol. The number of anilines is 1. The molecule has 1 saturated carbocycles. The van der Waals surface area contributed by atoms with Gasteiger partial charge >= 0.3 is 0 Å². The number of nitriles is 1. The van der Waals surface area contributed by atoms with E-state index in [2.05, 4.69) is 25.9 Å². The zero-order chi connectivity index (χ0) is 25.7. The van der Waals surface area contributed by atoms with Gasteiger partial charge in [-0.15, -0.1) is 0 Å². The van der Waals surface area contributed by atoms with Gasteiger partial charge in [-0.1, -0.05) is 32.0 Å². The number of benzene rings is 1. The Morgan fingerprint density at radius 3 is 2.65 bits per heavy atom. The maximum absolute atomic E-state index is 15.1. The Hall–Kier alpha value is -4.32. The fraction of sp³-hybridized carbons (Fsp3) is 0.321. The minimum absolute atomic E-state index is 0.0480. The third kappa shape index (κ3) is 3.80. The first-order chi connectivity index (χ1) is 17.9. The van der Waals surface area contributed by atoms with E-state index in [-0.39, 0.29) is 23.2 Å². The zero-order valence-corrected chi connectivity index (χ0v) is 20.7. The lowest BCUT2D eigenvalue weighted by Gasteiger charge is -2.43. The molecule has 0 radical (unpaired) electrons. The van der Waals surface area contributed by atoms with Crippen LogP contribution in [-0.4, -0.2) is 55.5 Å². The Balaban J connectivity index is 1.51. The molecule has 8 nitrogen and oxygen atoms in total. The number of carbonyl (C=O) groups excluding carboxylic acids is 1. The van der Waals surface area contributed by atoms with Crippen LogP contribution in [0.15, 0.2) is 55.1 Å². The van der Waals surface area contributed by atoms with Crippen molar-refractivity contribution in [3.05, 3.63) is 66.5 Å². The van der Waals surface area contributed by atoms with Crippen molar-refractivity contribution in [2.45, 2.75) is 32.2 Å². The van der Waals surface area contributed by atoms with Gasteiger partial charge in [0.2, 0.25) is 5.91 Å². The summed E-state index contributed by atoms with van der Waals surface area (Å²) in [7, 11) is 0. The van der Waals surface area contributed by atoms with Crippen LogP contribution < -0.4 is 4.90 Å². The van der Waals surface area contributed by atoms with Crippen molar-refractivity contribution in [3.63, 3.8) is 0 Å². The minimum Gasteiger partial charge on any atom is -0.352 e. The molecule has 0 N–H and O–H groups in total. The van der Waals surface area contributed by atoms with Gasteiger partial charge in [-0.05, 0) is 31.0 Å². The molecule has 2 fully saturated rings. The van der Waals surface area contributed by atoms with Crippen LogP contribution in [-0.2, 0) is 4.79 Å². The Kier molecular flexibility index (Phi) is 5.41. The first kappa shape index (κ1) is 23.1. The van der Waals surface area contributed by atoms with Crippen LogP contribution in [0.5, 0.6) is 0 Å². The number of halogens is 1. The highest BCUT2D eigenvalue weighted by Gasteiger charge is 2.53. The van der Waals surface area contributed by atoms with Gasteiger partial charge in [0.05, 0.1) is 22.6 Å². The Bertz CT molecular complexity index is 1570. The number of rotatable bonds is 4. The van der Waals surface area contributed by atoms with Crippen LogP contribution >= 0.6 is 0 Å². The van der Waals surface area contributed by atoms with Gasteiger partial charge < -0.3 is 9.80 Å². The van der Waals surface area contributed by atoms with E-state index >= 15 is 4.39 Å². The Labute approximate surface area is 214 Å². The van der Waals surface area contributed by atoms with Gasteiger partial charge in [-0.2, -0.15) is 5.26 Å². The second-order valence-corrected chi connectivity index (χ2v) is 10.1. The molecule has 186 valence electrons. The minimum atomic E-state index is -0.346. The van der Waals surface area contributed by atoms with Gasteiger partial charge in [0, 0.05) is 49.1 Å². The van der Waals surface area contributed by atoms with Crippen molar-refractivity contribution >= 4 is 22.8 Å². The number of amides is 1. The van der Waals surface area contributed by atoms with E-state index in [0.29, 0.717) is 53.6 Å². The average molecular weight is 496 g/mol. The second kappa shape index (κ2) is 8.66. The summed E-state index contributed by atoms with van der Waals surface area (Å²) in [5, 5.41) is 10.1. The molecule has 4 heterocycles. The molecule has 1 saturated heterocycles. The van der Waals surface area contributed by atoms with Crippen molar-refractivity contribution in [3.8, 4) is 23.0 Å². The van der Waals surface area contributed by atoms with Crippen LogP contribution in [0.3, 0.4) is 0 Å². The van der Waals surface area contributed by atoms with Gasteiger partial charge in [0.15, 0.2) is 5.65 Å². The van der Waals surface area contributed by atoms with Crippen LogP contribution in [0, 0.1) is 23.1 Å². The smallest absolute Gasteiger partial charge is 0.225 e. The summed E-state index contributed by atoms with van der Waals surface area (Å²) in [4.78, 5) is 30.9. The second-order valence-electron chi connectivity index (χ2n) is 10.1. The highest BCUT2D eigenvalue weighted by Crippen LogP contribution is 2.47. The van der Waals surface area contributed by atoms with Crippen LogP contribution in [0.1, 0.15) is 32.3 Å². The first-order valence-corrected chi connectivity index (χ1v) is 12.5. The molecule has 1 aliphatic carbocycles. The van der Waals surface area contributed by atoms with Gasteiger partial charge in [-0.3, -0.25) is 9.36 Å². The van der Waals surface area contributed by atoms with Crippen LogP contribution in [0.25, 0.3) is 28.0 Å². The number of piperazine rings is 1. The van der Waals surface area contributed by atoms with Gasteiger partial charge in [0.25, 0.3) is 0 Å². The van der Waals surface area contributed by atoms with Gasteiger partial charge in [0.1, 0.15) is 23.8 Å². The summed E-state index contributed by atoms with van der Waals surface area (Å²) >= 11 is 0. The molecule has 9 heteroatoms. The summed E-state index contributed by atoms with van der Waals surface area (Å²) in [6, 6.07) is 12.1. The largest absolute Gasteiger partial charge is 0.352 e. The van der Waals surface area contributed by atoms with Crippen molar-refractivity contribution < 1.29 is 9.18 Å². The summed E-state index contributed by atoms with van der Waals surface area (Å²) in [6.45, 7) is 5.79. The molecule has 1 aromatic carbocycles. The number of pyridine rings is 1. The Morgan fingerprint density at radius 2 is 1.92 bits per heavy atom. The van der Waals surface area contributed by atoms with Crippen LogP contribution in [0.2, 0.25) is 0 Å². The molecule has 0 atom stereocenters. The lowest BCUT2D eigenvalue weighted by atomic mass is 10.0. The number of carbonyl (C=O) groups is 1. The molecule has 1 amide bonds. The van der Waals surface area contributed by atoms with Crippen molar-refractivity contribution in [1.82, 2.24) is 24.4 Å². The molecular formula is C28H26FN7O. The number of nitrogens with zero attached hydrogens (tertiary/aromatic N) is 7. The van der Waals surface area contributed by atoms with Crippen molar-refractivity contribution in [1.29, 1.82) is 5.26 Å². The number of hydrogen-bond acceptors (Lipinski definition) is 6. The number of aromatic nitrogens is 4. The van der Waals surface area contributed by atoms with Crippen LogP contribution in [0.4, 0.5) is 10.2 Å². The van der Waals surface area contributed by atoms with E-state index in [1.165, 1.54) is 12.4 Å². The summed E-state index contributed by atoms with van der Waals surface area (Å²) < 4.78 is 16.9. The predicted octanol–water partition coefficient (Wildman–Crippen LogP) is 4.33.